The first kappa shape index (κ1) is 32.2. The van der Waals surface area contributed by atoms with Gasteiger partial charge in [0.05, 0.1) is 44.5 Å². The van der Waals surface area contributed by atoms with Crippen LogP contribution in [-0.2, 0) is 32.0 Å². The molecule has 0 radical (unpaired) electrons. The van der Waals surface area contributed by atoms with Gasteiger partial charge in [0.1, 0.15) is 30.3 Å². The predicted molar refractivity (Wildman–Crippen MR) is 134 cm³/mol. The van der Waals surface area contributed by atoms with Crippen molar-refractivity contribution in [3.05, 3.63) is 12.7 Å². The summed E-state index contributed by atoms with van der Waals surface area (Å²) in [6, 6.07) is 0. The van der Waals surface area contributed by atoms with Gasteiger partial charge in [-0.05, 0) is 5.92 Å². The number of rotatable bonds is 10. The number of imidazole rings is 1. The number of aliphatic hydroxyl groups is 5. The second-order valence-corrected chi connectivity index (χ2v) is 12.9. The molecule has 232 valence electrons. The number of anilines is 1. The van der Waals surface area contributed by atoms with Gasteiger partial charge in [0, 0.05) is 11.8 Å². The van der Waals surface area contributed by atoms with E-state index in [9.17, 15) is 39.3 Å². The lowest BCUT2D eigenvalue weighted by Crippen LogP contribution is -2.47. The van der Waals surface area contributed by atoms with Crippen LogP contribution >= 0.6 is 15.6 Å². The van der Waals surface area contributed by atoms with Crippen molar-refractivity contribution in [2.45, 2.75) is 56.9 Å². The van der Waals surface area contributed by atoms with E-state index in [1.807, 2.05) is 6.92 Å². The molecule has 0 amide bonds. The van der Waals surface area contributed by atoms with Gasteiger partial charge in [0.15, 0.2) is 17.8 Å². The Kier molecular flexibility index (Phi) is 9.84. The molecule has 2 aliphatic heterocycles. The van der Waals surface area contributed by atoms with E-state index in [1.54, 1.807) is 11.5 Å². The van der Waals surface area contributed by atoms with Gasteiger partial charge < -0.3 is 50.5 Å². The first-order valence-electron chi connectivity index (χ1n) is 12.4. The number of fused-ring (bicyclic) bond motifs is 1. The summed E-state index contributed by atoms with van der Waals surface area (Å²) < 4.78 is 51.6. The Morgan fingerprint density at radius 3 is 2.49 bits per heavy atom. The summed E-state index contributed by atoms with van der Waals surface area (Å²) in [5, 5.41) is 49.4. The highest BCUT2D eigenvalue weighted by atomic mass is 31.3. The maximum absolute atomic E-state index is 12.5. The Morgan fingerprint density at radius 1 is 1.10 bits per heavy atom. The number of phosphoric ester groups is 2. The number of aromatic nitrogens is 4. The molecule has 2 saturated heterocycles. The van der Waals surface area contributed by atoms with Gasteiger partial charge in [0.25, 0.3) is 0 Å². The highest BCUT2D eigenvalue weighted by Crippen LogP contribution is 2.61. The van der Waals surface area contributed by atoms with E-state index in [0.717, 1.165) is 0 Å². The zero-order valence-electron chi connectivity index (χ0n) is 21.8. The minimum absolute atomic E-state index is 0.174. The first-order valence-corrected chi connectivity index (χ1v) is 15.4. The molecule has 19 nitrogen and oxygen atoms in total. The number of ether oxygens (including phenoxy) is 2. The molecule has 7 unspecified atom stereocenters. The fraction of sp³-hybridized carbons (Fsp3) is 0.750. The summed E-state index contributed by atoms with van der Waals surface area (Å²) in [5.41, 5.74) is 6.62. The molecule has 12 atom stereocenters. The van der Waals surface area contributed by atoms with Crippen LogP contribution in [-0.4, -0.2) is 111 Å². The van der Waals surface area contributed by atoms with Crippen LogP contribution in [0.4, 0.5) is 5.82 Å². The lowest BCUT2D eigenvalue weighted by Gasteiger charge is -2.28. The Balaban J connectivity index is 1.37. The molecule has 2 aromatic rings. The van der Waals surface area contributed by atoms with E-state index in [4.69, 9.17) is 24.8 Å². The molecule has 0 spiro atoms. The SMILES string of the molecule is CC1C(C)[C@@H](COP(=O)(O)OP(=O)(O)O[C@@H]2OCC([C@H](O)CO)[C@@H](O)C(O)C2O)O[C@H]1n1cnc2c(N)ncnc21. The van der Waals surface area contributed by atoms with Gasteiger partial charge in [-0.25, -0.2) is 24.1 Å². The number of nitrogen functional groups attached to an aromatic ring is 1. The summed E-state index contributed by atoms with van der Waals surface area (Å²) in [6.45, 7) is 1.65. The van der Waals surface area contributed by atoms with Crippen molar-refractivity contribution in [1.82, 2.24) is 19.5 Å². The van der Waals surface area contributed by atoms with E-state index < -0.39 is 84.4 Å². The summed E-state index contributed by atoms with van der Waals surface area (Å²) >= 11 is 0. The molecular formula is C20H33N5O14P2. The van der Waals surface area contributed by atoms with Crippen LogP contribution in [0.2, 0.25) is 0 Å². The third kappa shape index (κ3) is 6.95. The summed E-state index contributed by atoms with van der Waals surface area (Å²) in [7, 11) is -10.8. The third-order valence-electron chi connectivity index (χ3n) is 7.24. The largest absolute Gasteiger partial charge is 0.483 e. The van der Waals surface area contributed by atoms with Crippen LogP contribution in [0, 0.1) is 17.8 Å². The molecule has 4 heterocycles. The number of phosphoric acid groups is 2. The monoisotopic (exact) mass is 629 g/mol. The van der Waals surface area contributed by atoms with Gasteiger partial charge in [-0.15, -0.1) is 0 Å². The second kappa shape index (κ2) is 12.5. The molecule has 41 heavy (non-hydrogen) atoms. The van der Waals surface area contributed by atoms with Gasteiger partial charge in [-0.3, -0.25) is 13.6 Å². The molecule has 21 heteroatoms. The lowest BCUT2D eigenvalue weighted by atomic mass is 9.92. The smallest absolute Gasteiger partial charge is 0.394 e. The number of hydrogen-bond acceptors (Lipinski definition) is 16. The van der Waals surface area contributed by atoms with Crippen molar-refractivity contribution in [3.63, 3.8) is 0 Å². The molecule has 0 aliphatic carbocycles. The second-order valence-electron chi connectivity index (χ2n) is 9.87. The van der Waals surface area contributed by atoms with E-state index in [0.29, 0.717) is 11.2 Å². The minimum Gasteiger partial charge on any atom is -0.394 e. The maximum Gasteiger partial charge on any atom is 0.483 e. The summed E-state index contributed by atoms with van der Waals surface area (Å²) in [6.07, 6.45) is -8.42. The Hall–Kier alpha value is -1.67. The van der Waals surface area contributed by atoms with Crippen LogP contribution < -0.4 is 5.73 Å². The molecule has 0 saturated carbocycles. The number of hydrogen-bond donors (Lipinski definition) is 8. The minimum atomic E-state index is -5.52. The van der Waals surface area contributed by atoms with Crippen molar-refractivity contribution >= 4 is 32.6 Å². The van der Waals surface area contributed by atoms with Crippen LogP contribution in [0.1, 0.15) is 20.1 Å². The highest BCUT2D eigenvalue weighted by Gasteiger charge is 2.48. The Labute approximate surface area is 232 Å². The number of nitrogens with zero attached hydrogens (tertiary/aromatic N) is 4. The van der Waals surface area contributed by atoms with E-state index in [2.05, 4.69) is 23.8 Å². The number of nitrogens with two attached hydrogens (primary N) is 1. The fourth-order valence-corrected chi connectivity index (χ4v) is 6.82. The molecule has 9 N–H and O–H groups in total. The number of aliphatic hydroxyl groups excluding tert-OH is 5. The lowest BCUT2D eigenvalue weighted by molar-refractivity contribution is -0.173. The van der Waals surface area contributed by atoms with Crippen molar-refractivity contribution in [2.75, 3.05) is 25.6 Å². The zero-order chi connectivity index (χ0) is 30.3. The zero-order valence-corrected chi connectivity index (χ0v) is 23.6. The standard InChI is InChI=1S/C20H33N5O14P2/c1-8-9(2)19(25-7-24-13-17(21)22-6-23-18(13)25)37-12(8)5-36-40(31,32)39-41(33,34)38-20-16(30)15(29)14(28)10(4-35-20)11(27)3-26/h6-12,14-16,19-20,26-30H,3-5H2,1-2H3,(H,31,32)(H,33,34)(H2,21,22,23)/t8?,9?,10?,11-,12-,14-,15?,16?,19-,20+/m1/s1. The van der Waals surface area contributed by atoms with Crippen LogP contribution in [0.5, 0.6) is 0 Å². The quantitative estimate of drug-likeness (QED) is 0.135. The molecule has 2 aromatic heterocycles. The van der Waals surface area contributed by atoms with Crippen molar-refractivity contribution in [3.8, 4) is 0 Å². The molecule has 4 rings (SSSR count). The molecule has 0 aromatic carbocycles. The molecular weight excluding hydrogens is 596 g/mol. The van der Waals surface area contributed by atoms with E-state index in [1.165, 1.54) is 12.7 Å². The van der Waals surface area contributed by atoms with Crippen molar-refractivity contribution < 1.29 is 67.3 Å². The third-order valence-corrected chi connectivity index (χ3v) is 9.84. The predicted octanol–water partition coefficient (Wildman–Crippen LogP) is -1.76. The van der Waals surface area contributed by atoms with E-state index in [-0.39, 0.29) is 17.7 Å². The van der Waals surface area contributed by atoms with Crippen LogP contribution in [0.3, 0.4) is 0 Å². The fourth-order valence-electron chi connectivity index (χ4n) is 4.65. The van der Waals surface area contributed by atoms with Crippen LogP contribution in [0.15, 0.2) is 12.7 Å². The summed E-state index contributed by atoms with van der Waals surface area (Å²) in [5.74, 6) is -1.56. The van der Waals surface area contributed by atoms with E-state index >= 15 is 0 Å². The van der Waals surface area contributed by atoms with Gasteiger partial charge in [0.2, 0.25) is 0 Å². The van der Waals surface area contributed by atoms with Gasteiger partial charge >= 0.3 is 15.6 Å². The van der Waals surface area contributed by atoms with Gasteiger partial charge in [-0.2, -0.15) is 4.31 Å². The topological polar surface area (TPSA) is 292 Å². The van der Waals surface area contributed by atoms with Gasteiger partial charge in [-0.1, -0.05) is 13.8 Å². The molecule has 0 bridgehead atoms. The molecule has 2 fully saturated rings. The first-order chi connectivity index (χ1) is 19.2. The van der Waals surface area contributed by atoms with Crippen molar-refractivity contribution in [1.29, 1.82) is 0 Å². The average Bonchev–Trinajstić information content (AvgIpc) is 3.43. The maximum atomic E-state index is 12.5. The average molecular weight is 629 g/mol. The Morgan fingerprint density at radius 2 is 1.80 bits per heavy atom. The Bertz CT molecular complexity index is 1300. The highest BCUT2D eigenvalue weighted by molar-refractivity contribution is 7.61. The van der Waals surface area contributed by atoms with Crippen molar-refractivity contribution in [2.24, 2.45) is 17.8 Å². The molecule has 2 aliphatic rings. The summed E-state index contributed by atoms with van der Waals surface area (Å²) in [4.78, 5) is 32.5. The normalized spacial score (nSPS) is 36.5. The van der Waals surface area contributed by atoms with Crippen LogP contribution in [0.25, 0.3) is 11.2 Å².